The number of hydrogen-bond donors (Lipinski definition) is 2. The molecule has 0 spiro atoms. The highest BCUT2D eigenvalue weighted by Crippen LogP contribution is 2.27. The van der Waals surface area contributed by atoms with Crippen molar-refractivity contribution in [3.05, 3.63) is 45.1 Å². The lowest BCUT2D eigenvalue weighted by Gasteiger charge is -2.17. The molecule has 0 radical (unpaired) electrons. The molecule has 8 heteroatoms. The van der Waals surface area contributed by atoms with Crippen molar-refractivity contribution < 1.29 is 19.5 Å². The lowest BCUT2D eigenvalue weighted by Crippen LogP contribution is -2.24. The van der Waals surface area contributed by atoms with Gasteiger partial charge in [0.05, 0.1) is 11.3 Å². The largest absolute Gasteiger partial charge is 0.478 e. The maximum atomic E-state index is 12.4. The first-order valence-corrected chi connectivity index (χ1v) is 8.49. The van der Waals surface area contributed by atoms with Crippen LogP contribution in [0.5, 0.6) is 0 Å². The van der Waals surface area contributed by atoms with E-state index in [0.29, 0.717) is 23.7 Å². The van der Waals surface area contributed by atoms with Crippen LogP contribution < -0.4 is 10.2 Å². The number of amides is 2. The van der Waals surface area contributed by atoms with Gasteiger partial charge in [0.15, 0.2) is 0 Å². The Labute approximate surface area is 146 Å². The number of halogens is 1. The second-order valence-electron chi connectivity index (χ2n) is 5.31. The molecule has 0 bridgehead atoms. The quantitative estimate of drug-likeness (QED) is 0.869. The van der Waals surface area contributed by atoms with E-state index in [1.807, 2.05) is 0 Å². The summed E-state index contributed by atoms with van der Waals surface area (Å²) >= 11 is 7.26. The fourth-order valence-corrected chi connectivity index (χ4v) is 3.52. The van der Waals surface area contributed by atoms with Crippen molar-refractivity contribution in [2.24, 2.45) is 0 Å². The van der Waals surface area contributed by atoms with Gasteiger partial charge < -0.3 is 15.3 Å². The molecule has 0 unspecified atom stereocenters. The molecule has 2 amide bonds. The topological polar surface area (TPSA) is 86.7 Å². The monoisotopic (exact) mass is 364 g/mol. The van der Waals surface area contributed by atoms with Gasteiger partial charge >= 0.3 is 5.97 Å². The molecule has 1 aromatic heterocycles. The van der Waals surface area contributed by atoms with Crippen molar-refractivity contribution in [3.63, 3.8) is 0 Å². The number of aromatic carboxylic acids is 1. The van der Waals surface area contributed by atoms with Gasteiger partial charge in [-0.05, 0) is 24.6 Å². The van der Waals surface area contributed by atoms with E-state index in [2.05, 4.69) is 5.32 Å². The van der Waals surface area contributed by atoms with Gasteiger partial charge in [-0.1, -0.05) is 11.6 Å². The van der Waals surface area contributed by atoms with Gasteiger partial charge in [-0.2, -0.15) is 0 Å². The van der Waals surface area contributed by atoms with Crippen LogP contribution in [0.25, 0.3) is 0 Å². The third-order valence-corrected chi connectivity index (χ3v) is 4.63. The minimum absolute atomic E-state index is 0.00498. The second-order valence-corrected chi connectivity index (χ2v) is 6.49. The first kappa shape index (κ1) is 16.5. The van der Waals surface area contributed by atoms with E-state index >= 15 is 0 Å². The lowest BCUT2D eigenvalue weighted by molar-refractivity contribution is -0.117. The Morgan fingerprint density at radius 1 is 1.25 bits per heavy atom. The molecule has 124 valence electrons. The van der Waals surface area contributed by atoms with Gasteiger partial charge in [-0.25, -0.2) is 4.79 Å². The van der Waals surface area contributed by atoms with E-state index in [9.17, 15) is 14.4 Å². The Morgan fingerprint density at radius 3 is 2.71 bits per heavy atom. The van der Waals surface area contributed by atoms with Gasteiger partial charge in [-0.15, -0.1) is 11.3 Å². The molecule has 1 fully saturated rings. The van der Waals surface area contributed by atoms with Crippen LogP contribution in [-0.4, -0.2) is 29.4 Å². The van der Waals surface area contributed by atoms with E-state index in [-0.39, 0.29) is 22.7 Å². The summed E-state index contributed by atoms with van der Waals surface area (Å²) in [5.41, 5.74) is 1.10. The first-order valence-electron chi connectivity index (χ1n) is 7.17. The SMILES string of the molecule is O=C(Nc1cscc1C(=O)O)c1cc(Cl)cc(N2CCCC2=O)c1. The van der Waals surface area contributed by atoms with Gasteiger partial charge in [0.25, 0.3) is 5.91 Å². The molecule has 1 aliphatic heterocycles. The Kier molecular flexibility index (Phi) is 4.55. The normalized spacial score (nSPS) is 14.0. The fourth-order valence-electron chi connectivity index (χ4n) is 2.54. The van der Waals surface area contributed by atoms with E-state index in [0.717, 1.165) is 6.42 Å². The lowest BCUT2D eigenvalue weighted by atomic mass is 10.1. The summed E-state index contributed by atoms with van der Waals surface area (Å²) in [6.45, 7) is 0.591. The number of nitrogens with one attached hydrogen (secondary N) is 1. The fraction of sp³-hybridized carbons (Fsp3) is 0.188. The number of rotatable bonds is 4. The number of carboxylic acid groups (broad SMARTS) is 1. The predicted octanol–water partition coefficient (Wildman–Crippen LogP) is 3.48. The maximum Gasteiger partial charge on any atom is 0.338 e. The third kappa shape index (κ3) is 3.27. The highest BCUT2D eigenvalue weighted by molar-refractivity contribution is 7.08. The van der Waals surface area contributed by atoms with Crippen LogP contribution in [-0.2, 0) is 4.79 Å². The number of carboxylic acids is 1. The number of carbonyl (C=O) groups is 3. The van der Waals surface area contributed by atoms with Gasteiger partial charge in [0.2, 0.25) is 5.91 Å². The van der Waals surface area contributed by atoms with Crippen molar-refractivity contribution in [3.8, 4) is 0 Å². The summed E-state index contributed by atoms with van der Waals surface area (Å²) < 4.78 is 0. The molecule has 0 aliphatic carbocycles. The van der Waals surface area contributed by atoms with Crippen LogP contribution in [0, 0.1) is 0 Å². The number of benzene rings is 1. The highest BCUT2D eigenvalue weighted by atomic mass is 35.5. The smallest absolute Gasteiger partial charge is 0.338 e. The highest BCUT2D eigenvalue weighted by Gasteiger charge is 2.23. The molecular formula is C16H13ClN2O4S. The summed E-state index contributed by atoms with van der Waals surface area (Å²) in [4.78, 5) is 37.0. The van der Waals surface area contributed by atoms with Crippen molar-refractivity contribution in [1.82, 2.24) is 0 Å². The molecule has 1 saturated heterocycles. The Bertz CT molecular complexity index is 833. The zero-order valence-electron chi connectivity index (χ0n) is 12.4. The standard InChI is InChI=1S/C16H13ClN2O4S/c17-10-4-9(5-11(6-10)19-3-1-2-14(19)20)15(21)18-13-8-24-7-12(13)16(22)23/h4-8H,1-3H2,(H,18,21)(H,22,23). The molecule has 1 aromatic carbocycles. The average molecular weight is 365 g/mol. The zero-order chi connectivity index (χ0) is 17.3. The molecule has 3 rings (SSSR count). The molecule has 1 aliphatic rings. The van der Waals surface area contributed by atoms with Crippen LogP contribution in [0.2, 0.25) is 5.02 Å². The van der Waals surface area contributed by atoms with Crippen molar-refractivity contribution in [2.75, 3.05) is 16.8 Å². The molecule has 2 aromatic rings. The van der Waals surface area contributed by atoms with E-state index in [4.69, 9.17) is 16.7 Å². The number of nitrogens with zero attached hydrogens (tertiary/aromatic N) is 1. The van der Waals surface area contributed by atoms with E-state index < -0.39 is 11.9 Å². The average Bonchev–Trinajstić information content (AvgIpc) is 3.15. The number of anilines is 2. The Morgan fingerprint density at radius 2 is 2.04 bits per heavy atom. The zero-order valence-corrected chi connectivity index (χ0v) is 14.0. The van der Waals surface area contributed by atoms with Gasteiger partial charge in [-0.3, -0.25) is 9.59 Å². The summed E-state index contributed by atoms with van der Waals surface area (Å²) in [6, 6.07) is 4.69. The van der Waals surface area contributed by atoms with E-state index in [1.165, 1.54) is 22.8 Å². The molecule has 2 heterocycles. The van der Waals surface area contributed by atoms with Crippen LogP contribution in [0.15, 0.2) is 29.0 Å². The minimum atomic E-state index is -1.11. The molecule has 6 nitrogen and oxygen atoms in total. The second kappa shape index (κ2) is 6.62. The first-order chi connectivity index (χ1) is 11.5. The van der Waals surface area contributed by atoms with Crippen LogP contribution in [0.4, 0.5) is 11.4 Å². The Hall–Kier alpha value is -2.38. The molecule has 0 atom stereocenters. The molecule has 0 saturated carbocycles. The summed E-state index contributed by atoms with van der Waals surface area (Å²) in [5, 5.41) is 15.0. The molecule has 24 heavy (non-hydrogen) atoms. The van der Waals surface area contributed by atoms with Crippen molar-refractivity contribution in [1.29, 1.82) is 0 Å². The van der Waals surface area contributed by atoms with Crippen LogP contribution in [0.3, 0.4) is 0 Å². The van der Waals surface area contributed by atoms with Crippen LogP contribution >= 0.6 is 22.9 Å². The Balaban J connectivity index is 1.87. The number of carbonyl (C=O) groups excluding carboxylic acids is 2. The number of thiophene rings is 1. The molecule has 2 N–H and O–H groups in total. The van der Waals surface area contributed by atoms with Crippen molar-refractivity contribution in [2.45, 2.75) is 12.8 Å². The minimum Gasteiger partial charge on any atom is -0.478 e. The summed E-state index contributed by atoms with van der Waals surface area (Å²) in [7, 11) is 0. The van der Waals surface area contributed by atoms with Gasteiger partial charge in [0.1, 0.15) is 0 Å². The van der Waals surface area contributed by atoms with Gasteiger partial charge in [0, 0.05) is 40.0 Å². The summed E-state index contributed by atoms with van der Waals surface area (Å²) in [5.74, 6) is -1.60. The summed E-state index contributed by atoms with van der Waals surface area (Å²) in [6.07, 6.45) is 1.24. The van der Waals surface area contributed by atoms with Crippen molar-refractivity contribution >= 4 is 52.1 Å². The van der Waals surface area contributed by atoms with Crippen LogP contribution in [0.1, 0.15) is 33.6 Å². The maximum absolute atomic E-state index is 12.4. The predicted molar refractivity (Wildman–Crippen MR) is 92.3 cm³/mol. The third-order valence-electron chi connectivity index (χ3n) is 3.67. The molecular weight excluding hydrogens is 352 g/mol. The van der Waals surface area contributed by atoms with E-state index in [1.54, 1.807) is 22.4 Å². The number of hydrogen-bond acceptors (Lipinski definition) is 4.